The van der Waals surface area contributed by atoms with Crippen LogP contribution >= 0.6 is 11.8 Å². The van der Waals surface area contributed by atoms with Crippen molar-refractivity contribution in [1.29, 1.82) is 0 Å². The van der Waals surface area contributed by atoms with Crippen LogP contribution in [0, 0.1) is 6.92 Å². The van der Waals surface area contributed by atoms with Gasteiger partial charge in [-0.1, -0.05) is 42.5 Å². The first-order valence-electron chi connectivity index (χ1n) is 7.98. The molecule has 3 N–H and O–H groups in total. The molecule has 0 aliphatic heterocycles. The number of nitrogen functional groups attached to an aromatic ring is 1. The van der Waals surface area contributed by atoms with Crippen LogP contribution in [0.1, 0.15) is 21.5 Å². The number of hydrogen-bond donors (Lipinski definition) is 2. The maximum atomic E-state index is 12.0. The summed E-state index contributed by atoms with van der Waals surface area (Å²) in [6.07, 6.45) is 0. The summed E-state index contributed by atoms with van der Waals surface area (Å²) in [6.45, 7) is 2.03. The molecule has 2 aromatic rings. The predicted molar refractivity (Wildman–Crippen MR) is 101 cm³/mol. The van der Waals surface area contributed by atoms with E-state index in [4.69, 9.17) is 10.5 Å². The first-order valence-corrected chi connectivity index (χ1v) is 9.14. The summed E-state index contributed by atoms with van der Waals surface area (Å²) in [7, 11) is 0. The van der Waals surface area contributed by atoms with E-state index in [9.17, 15) is 9.59 Å². The Bertz CT molecular complexity index is 720. The number of aryl methyl sites for hydroxylation is 1. The molecule has 0 aliphatic rings. The Labute approximate surface area is 151 Å². The van der Waals surface area contributed by atoms with E-state index < -0.39 is 5.97 Å². The van der Waals surface area contributed by atoms with Crippen LogP contribution in [0.15, 0.2) is 48.5 Å². The van der Waals surface area contributed by atoms with E-state index in [-0.39, 0.29) is 18.1 Å². The molecule has 132 valence electrons. The number of rotatable bonds is 8. The van der Waals surface area contributed by atoms with Gasteiger partial charge in [0.25, 0.3) is 5.91 Å². The monoisotopic (exact) mass is 358 g/mol. The maximum Gasteiger partial charge on any atom is 0.340 e. The van der Waals surface area contributed by atoms with Crippen LogP contribution in [0.4, 0.5) is 5.69 Å². The molecule has 2 aromatic carbocycles. The molecule has 0 radical (unpaired) electrons. The fraction of sp³-hybridized carbons (Fsp3) is 0.263. The van der Waals surface area contributed by atoms with Crippen molar-refractivity contribution in [3.63, 3.8) is 0 Å². The minimum absolute atomic E-state index is 0.284. The van der Waals surface area contributed by atoms with E-state index in [0.29, 0.717) is 12.2 Å². The molecule has 0 saturated heterocycles. The number of hydrogen-bond acceptors (Lipinski definition) is 5. The summed E-state index contributed by atoms with van der Waals surface area (Å²) in [4.78, 5) is 23.7. The van der Waals surface area contributed by atoms with Gasteiger partial charge in [0.05, 0.1) is 5.56 Å². The highest BCUT2D eigenvalue weighted by Gasteiger charge is 2.13. The topological polar surface area (TPSA) is 81.4 Å². The molecule has 1 amide bonds. The average molecular weight is 358 g/mol. The number of carbonyl (C=O) groups is 2. The molecule has 0 spiro atoms. The van der Waals surface area contributed by atoms with E-state index in [1.165, 1.54) is 5.56 Å². The zero-order valence-corrected chi connectivity index (χ0v) is 15.0. The number of thioether (sulfide) groups is 1. The molecule has 0 atom stereocenters. The third kappa shape index (κ3) is 6.15. The van der Waals surface area contributed by atoms with Gasteiger partial charge in [0, 0.05) is 23.7 Å². The van der Waals surface area contributed by atoms with Gasteiger partial charge in [0.1, 0.15) is 0 Å². The second kappa shape index (κ2) is 9.74. The van der Waals surface area contributed by atoms with Crippen LogP contribution in [0.5, 0.6) is 0 Å². The normalized spacial score (nSPS) is 10.3. The standard InChI is InChI=1S/C19H22N2O3S/c1-14-6-5-9-16(18(14)20)19(23)24-12-17(22)21-10-11-25-13-15-7-3-2-4-8-15/h2-9H,10-13,20H2,1H3,(H,21,22). The number of ether oxygens (including phenoxy) is 1. The van der Waals surface area contributed by atoms with E-state index >= 15 is 0 Å². The van der Waals surface area contributed by atoms with E-state index in [2.05, 4.69) is 17.4 Å². The molecule has 0 fully saturated rings. The van der Waals surface area contributed by atoms with Gasteiger partial charge in [-0.25, -0.2) is 4.79 Å². The Hall–Kier alpha value is -2.47. The van der Waals surface area contributed by atoms with Gasteiger partial charge >= 0.3 is 5.97 Å². The summed E-state index contributed by atoms with van der Waals surface area (Å²) in [6, 6.07) is 15.3. The summed E-state index contributed by atoms with van der Waals surface area (Å²) in [5, 5.41) is 2.73. The molecule has 0 bridgehead atoms. The molecule has 6 heteroatoms. The van der Waals surface area contributed by atoms with Gasteiger partial charge in [0.15, 0.2) is 6.61 Å². The van der Waals surface area contributed by atoms with Gasteiger partial charge in [0.2, 0.25) is 0 Å². The van der Waals surface area contributed by atoms with Crippen molar-refractivity contribution in [2.24, 2.45) is 0 Å². The molecule has 0 unspecified atom stereocenters. The third-order valence-electron chi connectivity index (χ3n) is 3.56. The lowest BCUT2D eigenvalue weighted by atomic mass is 10.1. The summed E-state index contributed by atoms with van der Waals surface area (Å²) < 4.78 is 5.01. The fourth-order valence-corrected chi connectivity index (χ4v) is 2.96. The smallest absolute Gasteiger partial charge is 0.340 e. The number of nitrogens with two attached hydrogens (primary N) is 1. The molecule has 2 rings (SSSR count). The zero-order chi connectivity index (χ0) is 18.1. The highest BCUT2D eigenvalue weighted by atomic mass is 32.2. The van der Waals surface area contributed by atoms with Crippen molar-refractivity contribution in [3.8, 4) is 0 Å². The number of anilines is 1. The first-order chi connectivity index (χ1) is 12.1. The van der Waals surface area contributed by atoms with Crippen LogP contribution in [-0.4, -0.2) is 30.8 Å². The van der Waals surface area contributed by atoms with Gasteiger partial charge in [-0.2, -0.15) is 11.8 Å². The van der Waals surface area contributed by atoms with Crippen molar-refractivity contribution in [2.75, 3.05) is 24.6 Å². The number of amides is 1. The highest BCUT2D eigenvalue weighted by molar-refractivity contribution is 7.98. The van der Waals surface area contributed by atoms with E-state index in [1.54, 1.807) is 23.9 Å². The Morgan fingerprint density at radius 1 is 1.12 bits per heavy atom. The second-order valence-electron chi connectivity index (χ2n) is 5.50. The predicted octanol–water partition coefficient (Wildman–Crippen LogP) is 2.78. The van der Waals surface area contributed by atoms with Crippen LogP contribution in [0.2, 0.25) is 0 Å². The second-order valence-corrected chi connectivity index (χ2v) is 6.61. The number of nitrogens with one attached hydrogen (secondary N) is 1. The van der Waals surface area contributed by atoms with Crippen molar-refractivity contribution in [3.05, 3.63) is 65.2 Å². The van der Waals surface area contributed by atoms with E-state index in [0.717, 1.165) is 17.1 Å². The van der Waals surface area contributed by atoms with Crippen molar-refractivity contribution < 1.29 is 14.3 Å². The fourth-order valence-electron chi connectivity index (χ4n) is 2.15. The lowest BCUT2D eigenvalue weighted by Gasteiger charge is -2.09. The van der Waals surface area contributed by atoms with Crippen LogP contribution in [0.25, 0.3) is 0 Å². The SMILES string of the molecule is Cc1cccc(C(=O)OCC(=O)NCCSCc2ccccc2)c1N. The molecular formula is C19H22N2O3S. The van der Waals surface area contributed by atoms with Gasteiger partial charge in [-0.05, 0) is 24.1 Å². The van der Waals surface area contributed by atoms with Gasteiger partial charge < -0.3 is 15.8 Å². The van der Waals surface area contributed by atoms with Crippen molar-refractivity contribution >= 4 is 29.3 Å². The van der Waals surface area contributed by atoms with E-state index in [1.807, 2.05) is 31.2 Å². The van der Waals surface area contributed by atoms with Crippen LogP contribution in [-0.2, 0) is 15.3 Å². The molecule has 0 saturated carbocycles. The van der Waals surface area contributed by atoms with Gasteiger partial charge in [-0.15, -0.1) is 0 Å². The number of benzene rings is 2. The van der Waals surface area contributed by atoms with Gasteiger partial charge in [-0.3, -0.25) is 4.79 Å². The quantitative estimate of drug-likeness (QED) is 0.431. The Kier molecular flexibility index (Phi) is 7.35. The Balaban J connectivity index is 1.63. The molecule has 5 nitrogen and oxygen atoms in total. The molecule has 0 aromatic heterocycles. The Morgan fingerprint density at radius 3 is 2.64 bits per heavy atom. The lowest BCUT2D eigenvalue weighted by molar-refractivity contribution is -0.124. The molecule has 0 heterocycles. The summed E-state index contributed by atoms with van der Waals surface area (Å²) in [5.41, 5.74) is 8.56. The number of para-hydroxylation sites is 1. The zero-order valence-electron chi connectivity index (χ0n) is 14.2. The molecular weight excluding hydrogens is 336 g/mol. The minimum atomic E-state index is -0.588. The Morgan fingerprint density at radius 2 is 1.88 bits per heavy atom. The largest absolute Gasteiger partial charge is 0.452 e. The molecule has 0 aliphatic carbocycles. The van der Waals surface area contributed by atoms with Crippen molar-refractivity contribution in [2.45, 2.75) is 12.7 Å². The van der Waals surface area contributed by atoms with Crippen molar-refractivity contribution in [1.82, 2.24) is 5.32 Å². The third-order valence-corrected chi connectivity index (χ3v) is 4.59. The first kappa shape index (κ1) is 18.9. The molecule has 25 heavy (non-hydrogen) atoms. The number of carbonyl (C=O) groups excluding carboxylic acids is 2. The summed E-state index contributed by atoms with van der Waals surface area (Å²) >= 11 is 1.73. The lowest BCUT2D eigenvalue weighted by Crippen LogP contribution is -2.30. The maximum absolute atomic E-state index is 12.0. The average Bonchev–Trinajstić information content (AvgIpc) is 2.62. The van der Waals surface area contributed by atoms with Crippen LogP contribution < -0.4 is 11.1 Å². The summed E-state index contributed by atoms with van der Waals surface area (Å²) in [5.74, 6) is 0.785. The minimum Gasteiger partial charge on any atom is -0.452 e. The number of esters is 1. The highest BCUT2D eigenvalue weighted by Crippen LogP contribution is 2.17. The van der Waals surface area contributed by atoms with Crippen LogP contribution in [0.3, 0.4) is 0 Å².